The lowest BCUT2D eigenvalue weighted by Gasteiger charge is -2.43. The van der Waals surface area contributed by atoms with E-state index in [2.05, 4.69) is 12.1 Å². The van der Waals surface area contributed by atoms with Gasteiger partial charge in [0.05, 0.1) is 12.0 Å². The molecule has 132 valence electrons. The number of aliphatic hydroxyl groups is 1. The second-order valence-electron chi connectivity index (χ2n) is 7.18. The van der Waals surface area contributed by atoms with Crippen LogP contribution in [-0.2, 0) is 17.6 Å². The van der Waals surface area contributed by atoms with Crippen LogP contribution in [0.3, 0.4) is 0 Å². The van der Waals surface area contributed by atoms with Gasteiger partial charge in [-0.3, -0.25) is 4.79 Å². The Kier molecular flexibility index (Phi) is 5.09. The molecule has 1 aliphatic rings. The lowest BCUT2D eigenvalue weighted by Crippen LogP contribution is -2.53. The van der Waals surface area contributed by atoms with Crippen molar-refractivity contribution in [3.63, 3.8) is 0 Å². The van der Waals surface area contributed by atoms with E-state index in [4.69, 9.17) is 0 Å². The smallest absolute Gasteiger partial charge is 0.227 e. The topological polar surface area (TPSA) is 60.8 Å². The first-order chi connectivity index (χ1) is 11.9. The molecule has 0 aliphatic carbocycles. The van der Waals surface area contributed by atoms with Crippen LogP contribution in [-0.4, -0.2) is 39.7 Å². The van der Waals surface area contributed by atoms with E-state index in [9.17, 15) is 15.0 Å². The summed E-state index contributed by atoms with van der Waals surface area (Å²) < 4.78 is 0. The van der Waals surface area contributed by atoms with E-state index in [1.54, 1.807) is 24.3 Å². The highest BCUT2D eigenvalue weighted by Crippen LogP contribution is 2.30. The standard InChI is InChI=1S/C21H25NO3/c1-21(25)11-12-22(15-18(21)13-16-5-3-2-4-6-16)20(24)14-17-7-9-19(23)10-8-17/h2-10,18,23,25H,11-15H2,1H3/t18-,21+/m1/s1. The summed E-state index contributed by atoms with van der Waals surface area (Å²) in [4.78, 5) is 14.5. The highest BCUT2D eigenvalue weighted by molar-refractivity contribution is 5.79. The van der Waals surface area contributed by atoms with Gasteiger partial charge in [0.15, 0.2) is 0 Å². The molecule has 1 heterocycles. The molecule has 0 bridgehead atoms. The van der Waals surface area contributed by atoms with Gasteiger partial charge >= 0.3 is 0 Å². The fourth-order valence-electron chi connectivity index (χ4n) is 3.43. The van der Waals surface area contributed by atoms with Crippen LogP contribution in [0.15, 0.2) is 54.6 Å². The first-order valence-corrected chi connectivity index (χ1v) is 8.76. The van der Waals surface area contributed by atoms with Crippen LogP contribution in [0.5, 0.6) is 5.75 Å². The number of hydrogen-bond acceptors (Lipinski definition) is 3. The maximum absolute atomic E-state index is 12.6. The van der Waals surface area contributed by atoms with Gasteiger partial charge in [0.1, 0.15) is 5.75 Å². The van der Waals surface area contributed by atoms with Crippen LogP contribution in [0.4, 0.5) is 0 Å². The number of amides is 1. The lowest BCUT2D eigenvalue weighted by atomic mass is 9.78. The summed E-state index contributed by atoms with van der Waals surface area (Å²) in [6.07, 6.45) is 1.67. The summed E-state index contributed by atoms with van der Waals surface area (Å²) in [5.74, 6) is 0.291. The number of rotatable bonds is 4. The quantitative estimate of drug-likeness (QED) is 0.900. The largest absolute Gasteiger partial charge is 0.508 e. The molecule has 4 heteroatoms. The molecule has 2 N–H and O–H groups in total. The zero-order chi connectivity index (χ0) is 17.9. The zero-order valence-corrected chi connectivity index (χ0v) is 14.6. The van der Waals surface area contributed by atoms with Crippen LogP contribution in [0.2, 0.25) is 0 Å². The molecule has 1 fully saturated rings. The summed E-state index contributed by atoms with van der Waals surface area (Å²) in [6, 6.07) is 16.9. The molecule has 0 aromatic heterocycles. The van der Waals surface area contributed by atoms with Crippen molar-refractivity contribution in [2.75, 3.05) is 13.1 Å². The van der Waals surface area contributed by atoms with Gasteiger partial charge in [0.2, 0.25) is 5.91 Å². The fourth-order valence-corrected chi connectivity index (χ4v) is 3.43. The molecule has 0 unspecified atom stereocenters. The maximum atomic E-state index is 12.6. The number of phenols is 1. The van der Waals surface area contributed by atoms with E-state index >= 15 is 0 Å². The highest BCUT2D eigenvalue weighted by Gasteiger charge is 2.38. The SMILES string of the molecule is C[C@]1(O)CCN(C(=O)Cc2ccc(O)cc2)C[C@H]1Cc1ccccc1. The molecule has 0 spiro atoms. The average Bonchev–Trinajstić information content (AvgIpc) is 2.59. The third-order valence-electron chi connectivity index (χ3n) is 5.18. The molecule has 2 aromatic carbocycles. The van der Waals surface area contributed by atoms with Crippen molar-refractivity contribution in [1.82, 2.24) is 4.90 Å². The Hall–Kier alpha value is -2.33. The number of nitrogens with zero attached hydrogens (tertiary/aromatic N) is 1. The van der Waals surface area contributed by atoms with Gasteiger partial charge in [0.25, 0.3) is 0 Å². The molecule has 1 saturated heterocycles. The minimum Gasteiger partial charge on any atom is -0.508 e. The number of benzene rings is 2. The summed E-state index contributed by atoms with van der Waals surface area (Å²) in [5, 5.41) is 20.1. The van der Waals surface area contributed by atoms with E-state index in [1.807, 2.05) is 30.0 Å². The van der Waals surface area contributed by atoms with E-state index in [-0.39, 0.29) is 17.6 Å². The Morgan fingerprint density at radius 1 is 1.12 bits per heavy atom. The molecule has 2 aromatic rings. The Labute approximate surface area is 148 Å². The second-order valence-corrected chi connectivity index (χ2v) is 7.18. The van der Waals surface area contributed by atoms with Crippen LogP contribution in [0.25, 0.3) is 0 Å². The monoisotopic (exact) mass is 339 g/mol. The van der Waals surface area contributed by atoms with Crippen LogP contribution in [0.1, 0.15) is 24.5 Å². The third-order valence-corrected chi connectivity index (χ3v) is 5.18. The molecular formula is C21H25NO3. The van der Waals surface area contributed by atoms with Crippen molar-refractivity contribution in [2.45, 2.75) is 31.8 Å². The summed E-state index contributed by atoms with van der Waals surface area (Å²) in [7, 11) is 0. The number of phenolic OH excluding ortho intramolecular Hbond substituents is 1. The Morgan fingerprint density at radius 2 is 1.80 bits per heavy atom. The number of hydrogen-bond donors (Lipinski definition) is 2. The predicted octanol–water partition coefficient (Wildman–Crippen LogP) is 2.78. The number of piperidine rings is 1. The van der Waals surface area contributed by atoms with E-state index in [0.717, 1.165) is 12.0 Å². The van der Waals surface area contributed by atoms with Gasteiger partial charge in [-0.1, -0.05) is 42.5 Å². The van der Waals surface area contributed by atoms with Crippen molar-refractivity contribution in [3.05, 3.63) is 65.7 Å². The Morgan fingerprint density at radius 3 is 2.48 bits per heavy atom. The number of likely N-dealkylation sites (tertiary alicyclic amines) is 1. The molecule has 3 rings (SSSR count). The molecule has 0 saturated carbocycles. The van der Waals surface area contributed by atoms with Crippen molar-refractivity contribution in [1.29, 1.82) is 0 Å². The summed E-state index contributed by atoms with van der Waals surface area (Å²) in [6.45, 7) is 3.02. The predicted molar refractivity (Wildman–Crippen MR) is 97.3 cm³/mol. The molecule has 4 nitrogen and oxygen atoms in total. The Balaban J connectivity index is 1.66. The normalized spacial score (nSPS) is 23.4. The van der Waals surface area contributed by atoms with Gasteiger partial charge in [-0.2, -0.15) is 0 Å². The van der Waals surface area contributed by atoms with Crippen LogP contribution >= 0.6 is 0 Å². The van der Waals surface area contributed by atoms with Crippen molar-refractivity contribution in [3.8, 4) is 5.75 Å². The summed E-state index contributed by atoms with van der Waals surface area (Å²) >= 11 is 0. The van der Waals surface area contributed by atoms with E-state index < -0.39 is 5.60 Å². The van der Waals surface area contributed by atoms with E-state index in [1.165, 1.54) is 5.56 Å². The molecule has 0 radical (unpaired) electrons. The molecule has 1 aliphatic heterocycles. The first-order valence-electron chi connectivity index (χ1n) is 8.76. The van der Waals surface area contributed by atoms with Crippen LogP contribution < -0.4 is 0 Å². The summed E-state index contributed by atoms with van der Waals surface area (Å²) in [5.41, 5.74) is 1.31. The maximum Gasteiger partial charge on any atom is 0.227 e. The minimum atomic E-state index is -0.759. The first kappa shape index (κ1) is 17.5. The molecular weight excluding hydrogens is 314 g/mol. The zero-order valence-electron chi connectivity index (χ0n) is 14.6. The number of carbonyl (C=O) groups is 1. The van der Waals surface area contributed by atoms with Gasteiger partial charge < -0.3 is 15.1 Å². The second kappa shape index (κ2) is 7.28. The van der Waals surface area contributed by atoms with Gasteiger partial charge in [-0.05, 0) is 43.0 Å². The highest BCUT2D eigenvalue weighted by atomic mass is 16.3. The fraction of sp³-hybridized carbons (Fsp3) is 0.381. The number of carbonyl (C=O) groups excluding carboxylic acids is 1. The lowest BCUT2D eigenvalue weighted by molar-refractivity contribution is -0.138. The van der Waals surface area contributed by atoms with Gasteiger partial charge in [-0.25, -0.2) is 0 Å². The average molecular weight is 339 g/mol. The van der Waals surface area contributed by atoms with Gasteiger partial charge in [-0.15, -0.1) is 0 Å². The molecule has 25 heavy (non-hydrogen) atoms. The minimum absolute atomic E-state index is 0.0208. The van der Waals surface area contributed by atoms with Gasteiger partial charge in [0, 0.05) is 19.0 Å². The third kappa shape index (κ3) is 4.40. The molecule has 2 atom stereocenters. The van der Waals surface area contributed by atoms with Crippen molar-refractivity contribution in [2.24, 2.45) is 5.92 Å². The Bertz CT molecular complexity index is 710. The number of aromatic hydroxyl groups is 1. The van der Waals surface area contributed by atoms with E-state index in [0.29, 0.717) is 25.9 Å². The van der Waals surface area contributed by atoms with Crippen molar-refractivity contribution >= 4 is 5.91 Å². The molecule has 1 amide bonds. The van der Waals surface area contributed by atoms with Crippen molar-refractivity contribution < 1.29 is 15.0 Å². The van der Waals surface area contributed by atoms with Crippen LogP contribution in [0, 0.1) is 5.92 Å².